The average molecular weight is 421 g/mol. The highest BCUT2D eigenvalue weighted by atomic mass is 16.5. The third-order valence-electron chi connectivity index (χ3n) is 6.93. The lowest BCUT2D eigenvalue weighted by Crippen LogP contribution is -2.49. The zero-order chi connectivity index (χ0) is 21.8. The first-order chi connectivity index (χ1) is 15.1. The van der Waals surface area contributed by atoms with Crippen LogP contribution in [0.15, 0.2) is 54.6 Å². The van der Waals surface area contributed by atoms with Gasteiger partial charge in [0.25, 0.3) is 0 Å². The molecule has 0 saturated carbocycles. The van der Waals surface area contributed by atoms with Gasteiger partial charge in [-0.25, -0.2) is 0 Å². The molecule has 0 aromatic heterocycles. The number of piperidine rings is 2. The monoisotopic (exact) mass is 420 g/mol. The summed E-state index contributed by atoms with van der Waals surface area (Å²) in [5.74, 6) is 1.50. The number of ether oxygens (including phenoxy) is 1. The van der Waals surface area contributed by atoms with Crippen molar-refractivity contribution in [2.24, 2.45) is 11.8 Å². The molecule has 2 amide bonds. The number of rotatable bonds is 5. The van der Waals surface area contributed by atoms with E-state index in [0.717, 1.165) is 43.7 Å². The Morgan fingerprint density at radius 1 is 1.00 bits per heavy atom. The number of nitrogens with zero attached hydrogens (tertiary/aromatic N) is 2. The number of amides is 2. The van der Waals surface area contributed by atoms with Crippen molar-refractivity contribution in [3.05, 3.63) is 65.7 Å². The van der Waals surface area contributed by atoms with E-state index < -0.39 is 0 Å². The predicted octanol–water partition coefficient (Wildman–Crippen LogP) is 4.09. The summed E-state index contributed by atoms with van der Waals surface area (Å²) in [6.45, 7) is 1.61. The van der Waals surface area contributed by atoms with Gasteiger partial charge < -0.3 is 14.5 Å². The van der Waals surface area contributed by atoms with Crippen molar-refractivity contribution in [1.82, 2.24) is 9.80 Å². The van der Waals surface area contributed by atoms with E-state index in [0.29, 0.717) is 18.8 Å². The van der Waals surface area contributed by atoms with Gasteiger partial charge in [0.15, 0.2) is 0 Å². The summed E-state index contributed by atoms with van der Waals surface area (Å²) in [7, 11) is 3.46. The molecule has 2 heterocycles. The molecule has 5 heteroatoms. The number of hydrogen-bond donors (Lipinski definition) is 0. The number of benzene rings is 2. The summed E-state index contributed by atoms with van der Waals surface area (Å²) in [4.78, 5) is 29.8. The number of methoxy groups -OCH3 is 1. The van der Waals surface area contributed by atoms with Gasteiger partial charge in [-0.1, -0.05) is 42.5 Å². The van der Waals surface area contributed by atoms with E-state index >= 15 is 0 Å². The normalized spacial score (nSPS) is 22.5. The quantitative estimate of drug-likeness (QED) is 0.732. The van der Waals surface area contributed by atoms with E-state index in [1.54, 1.807) is 12.0 Å². The maximum absolute atomic E-state index is 13.5. The van der Waals surface area contributed by atoms with Crippen molar-refractivity contribution in [1.29, 1.82) is 0 Å². The Labute approximate surface area is 185 Å². The zero-order valence-electron chi connectivity index (χ0n) is 18.5. The van der Waals surface area contributed by atoms with Crippen LogP contribution in [0.1, 0.15) is 42.9 Å². The molecule has 164 valence electrons. The van der Waals surface area contributed by atoms with Gasteiger partial charge >= 0.3 is 0 Å². The van der Waals surface area contributed by atoms with E-state index in [-0.39, 0.29) is 23.8 Å². The second kappa shape index (κ2) is 9.54. The molecule has 0 unspecified atom stereocenters. The lowest BCUT2D eigenvalue weighted by atomic mass is 9.82. The summed E-state index contributed by atoms with van der Waals surface area (Å²) >= 11 is 0. The average Bonchev–Trinajstić information content (AvgIpc) is 2.81. The first-order valence-corrected chi connectivity index (χ1v) is 11.3. The van der Waals surface area contributed by atoms with Crippen molar-refractivity contribution in [2.45, 2.75) is 38.1 Å². The fourth-order valence-electron chi connectivity index (χ4n) is 5.09. The van der Waals surface area contributed by atoms with Crippen molar-refractivity contribution in [2.75, 3.05) is 27.2 Å². The van der Waals surface area contributed by atoms with Gasteiger partial charge in [-0.05, 0) is 54.9 Å². The van der Waals surface area contributed by atoms with E-state index in [4.69, 9.17) is 4.74 Å². The highest BCUT2D eigenvalue weighted by Gasteiger charge is 2.41. The number of carbonyl (C=O) groups is 2. The maximum Gasteiger partial charge on any atom is 0.228 e. The molecular formula is C26H32N2O3. The van der Waals surface area contributed by atoms with Crippen molar-refractivity contribution in [3.63, 3.8) is 0 Å². The molecule has 0 N–H and O–H groups in total. The molecule has 0 aliphatic carbocycles. The molecule has 2 aromatic carbocycles. The Balaban J connectivity index is 1.44. The van der Waals surface area contributed by atoms with Crippen LogP contribution in [0.25, 0.3) is 0 Å². The van der Waals surface area contributed by atoms with Gasteiger partial charge in [0.05, 0.1) is 19.1 Å². The van der Waals surface area contributed by atoms with Crippen LogP contribution in [0.3, 0.4) is 0 Å². The molecule has 0 radical (unpaired) electrons. The Bertz CT molecular complexity index is 889. The smallest absolute Gasteiger partial charge is 0.228 e. The molecule has 0 bridgehead atoms. The van der Waals surface area contributed by atoms with Crippen LogP contribution >= 0.6 is 0 Å². The maximum atomic E-state index is 13.5. The van der Waals surface area contributed by atoms with E-state index in [1.807, 2.05) is 36.2 Å². The molecule has 31 heavy (non-hydrogen) atoms. The standard InChI is InChI=1S/C26H32N2O3/c1-27-24(29)13-12-23(25(27)21-8-10-22(31-2)11-9-21)26(30)28-16-14-20(15-17-28)18-19-6-4-3-5-7-19/h3-11,20,23,25H,12-18H2,1-2H3/t23-,25+/m1/s1. The SMILES string of the molecule is COc1ccc([C@H]2[C@H](C(=O)N3CCC(Cc4ccccc4)CC3)CCC(=O)N2C)cc1. The van der Waals surface area contributed by atoms with Crippen LogP contribution in [-0.4, -0.2) is 48.9 Å². The predicted molar refractivity (Wildman–Crippen MR) is 121 cm³/mol. The van der Waals surface area contributed by atoms with Crippen LogP contribution < -0.4 is 4.74 Å². The van der Waals surface area contributed by atoms with Crippen LogP contribution in [-0.2, 0) is 16.0 Å². The van der Waals surface area contributed by atoms with Crippen molar-refractivity contribution < 1.29 is 14.3 Å². The van der Waals surface area contributed by atoms with Crippen LogP contribution in [0.2, 0.25) is 0 Å². The second-order valence-electron chi connectivity index (χ2n) is 8.83. The fraction of sp³-hybridized carbons (Fsp3) is 0.462. The zero-order valence-corrected chi connectivity index (χ0v) is 18.5. The molecule has 2 aliphatic rings. The third kappa shape index (κ3) is 4.76. The Hall–Kier alpha value is -2.82. The molecule has 2 aromatic rings. The van der Waals surface area contributed by atoms with Gasteiger partial charge in [0.1, 0.15) is 5.75 Å². The van der Waals surface area contributed by atoms with Crippen LogP contribution in [0, 0.1) is 11.8 Å². The van der Waals surface area contributed by atoms with Gasteiger partial charge in [-0.15, -0.1) is 0 Å². The highest BCUT2D eigenvalue weighted by molar-refractivity contribution is 5.85. The van der Waals surface area contributed by atoms with Crippen LogP contribution in [0.4, 0.5) is 0 Å². The van der Waals surface area contributed by atoms with E-state index in [2.05, 4.69) is 30.3 Å². The summed E-state index contributed by atoms with van der Waals surface area (Å²) in [5, 5.41) is 0. The van der Waals surface area contributed by atoms with Gasteiger partial charge in [0.2, 0.25) is 11.8 Å². The first-order valence-electron chi connectivity index (χ1n) is 11.3. The Kier molecular flexibility index (Phi) is 6.59. The highest BCUT2D eigenvalue weighted by Crippen LogP contribution is 2.38. The first kappa shape index (κ1) is 21.4. The fourth-order valence-corrected chi connectivity index (χ4v) is 5.09. The Morgan fingerprint density at radius 2 is 1.68 bits per heavy atom. The minimum absolute atomic E-state index is 0.103. The number of likely N-dealkylation sites (tertiary alicyclic amines) is 2. The topological polar surface area (TPSA) is 49.9 Å². The summed E-state index contributed by atoms with van der Waals surface area (Å²) in [5.41, 5.74) is 2.37. The van der Waals surface area contributed by atoms with E-state index in [1.165, 1.54) is 5.56 Å². The van der Waals surface area contributed by atoms with E-state index in [9.17, 15) is 9.59 Å². The molecule has 2 fully saturated rings. The summed E-state index contributed by atoms with van der Waals surface area (Å²) < 4.78 is 5.27. The van der Waals surface area contributed by atoms with Crippen molar-refractivity contribution in [3.8, 4) is 5.75 Å². The molecule has 5 nitrogen and oxygen atoms in total. The molecular weight excluding hydrogens is 388 g/mol. The van der Waals surface area contributed by atoms with Crippen molar-refractivity contribution >= 4 is 11.8 Å². The van der Waals surface area contributed by atoms with Gasteiger partial charge in [-0.2, -0.15) is 0 Å². The summed E-state index contributed by atoms with van der Waals surface area (Å²) in [6, 6.07) is 18.1. The molecule has 2 aliphatic heterocycles. The van der Waals surface area contributed by atoms with Gasteiger partial charge in [-0.3, -0.25) is 9.59 Å². The van der Waals surface area contributed by atoms with Crippen LogP contribution in [0.5, 0.6) is 5.75 Å². The molecule has 0 spiro atoms. The largest absolute Gasteiger partial charge is 0.497 e. The molecule has 2 saturated heterocycles. The minimum atomic E-state index is -0.221. The molecule has 2 atom stereocenters. The second-order valence-corrected chi connectivity index (χ2v) is 8.83. The number of hydrogen-bond acceptors (Lipinski definition) is 3. The third-order valence-corrected chi connectivity index (χ3v) is 6.93. The summed E-state index contributed by atoms with van der Waals surface area (Å²) in [6.07, 6.45) is 4.20. The Morgan fingerprint density at radius 3 is 2.32 bits per heavy atom. The number of carbonyl (C=O) groups excluding carboxylic acids is 2. The van der Waals surface area contributed by atoms with Gasteiger partial charge in [0, 0.05) is 26.6 Å². The minimum Gasteiger partial charge on any atom is -0.497 e. The lowest BCUT2D eigenvalue weighted by molar-refractivity contribution is -0.147. The lowest BCUT2D eigenvalue weighted by Gasteiger charge is -2.42. The molecule has 4 rings (SSSR count).